The number of rotatable bonds is 13. The smallest absolute Gasteiger partial charge is 0.310 e. The number of hydrogen-bond donors (Lipinski definition) is 0. The third-order valence-corrected chi connectivity index (χ3v) is 4.44. The minimum atomic E-state index is -0.158. The average molecular weight is 334 g/mol. The molecule has 0 saturated carbocycles. The third-order valence-electron chi connectivity index (χ3n) is 4.44. The molecule has 0 radical (unpaired) electrons. The van der Waals surface area contributed by atoms with Crippen LogP contribution >= 0.6 is 0 Å². The zero-order chi connectivity index (χ0) is 17.6. The Bertz CT molecular complexity index is 456. The Morgan fingerprint density at radius 3 is 2.42 bits per heavy atom. The highest BCUT2D eigenvalue weighted by Gasteiger charge is 2.14. The summed E-state index contributed by atoms with van der Waals surface area (Å²) in [5.41, 5.74) is 0.887. The van der Waals surface area contributed by atoms with Crippen LogP contribution in [0.2, 0.25) is 0 Å². The van der Waals surface area contributed by atoms with Crippen molar-refractivity contribution in [1.29, 1.82) is 0 Å². The van der Waals surface area contributed by atoms with Crippen molar-refractivity contribution in [3.63, 3.8) is 0 Å². The predicted molar refractivity (Wildman–Crippen MR) is 99.4 cm³/mol. The molecule has 0 amide bonds. The number of hydrogen-bond acceptors (Lipinski definition) is 3. The van der Waals surface area contributed by atoms with Gasteiger partial charge in [-0.25, -0.2) is 0 Å². The van der Waals surface area contributed by atoms with Gasteiger partial charge in [0.1, 0.15) is 5.75 Å². The Hall–Kier alpha value is -1.51. The summed E-state index contributed by atoms with van der Waals surface area (Å²) in [7, 11) is 1.63. The van der Waals surface area contributed by atoms with E-state index in [9.17, 15) is 4.79 Å². The zero-order valence-corrected chi connectivity index (χ0v) is 15.7. The standard InChI is InChI=1S/C21H34O3/c1-4-6-8-9-13-18(12-7-5-2)17-24-21(22)16-19-14-10-11-15-20(19)23-3/h10-11,14-15,18H,4-9,12-13,16-17H2,1-3H3. The van der Waals surface area contributed by atoms with E-state index in [1.165, 1.54) is 44.9 Å². The summed E-state index contributed by atoms with van der Waals surface area (Å²) >= 11 is 0. The number of ether oxygens (including phenoxy) is 2. The first-order chi connectivity index (χ1) is 11.7. The van der Waals surface area contributed by atoms with Gasteiger partial charge in [-0.1, -0.05) is 70.6 Å². The van der Waals surface area contributed by atoms with Gasteiger partial charge in [-0.2, -0.15) is 0 Å². The van der Waals surface area contributed by atoms with Crippen LogP contribution in [0.4, 0.5) is 0 Å². The number of esters is 1. The van der Waals surface area contributed by atoms with Crippen LogP contribution in [0.25, 0.3) is 0 Å². The van der Waals surface area contributed by atoms with Crippen LogP contribution in [-0.4, -0.2) is 19.7 Å². The van der Waals surface area contributed by atoms with Gasteiger partial charge in [0, 0.05) is 5.56 Å². The van der Waals surface area contributed by atoms with E-state index in [4.69, 9.17) is 9.47 Å². The highest BCUT2D eigenvalue weighted by atomic mass is 16.5. The normalized spacial score (nSPS) is 12.0. The van der Waals surface area contributed by atoms with E-state index in [2.05, 4.69) is 13.8 Å². The Morgan fingerprint density at radius 2 is 1.71 bits per heavy atom. The number of unbranched alkanes of at least 4 members (excludes halogenated alkanes) is 4. The van der Waals surface area contributed by atoms with Crippen molar-refractivity contribution >= 4 is 5.97 Å². The van der Waals surface area contributed by atoms with Crippen molar-refractivity contribution in [1.82, 2.24) is 0 Å². The second-order valence-electron chi connectivity index (χ2n) is 6.53. The molecule has 1 aromatic carbocycles. The zero-order valence-electron chi connectivity index (χ0n) is 15.7. The Balaban J connectivity index is 2.41. The van der Waals surface area contributed by atoms with Crippen molar-refractivity contribution < 1.29 is 14.3 Å². The lowest BCUT2D eigenvalue weighted by Crippen LogP contribution is -2.16. The Morgan fingerprint density at radius 1 is 1.00 bits per heavy atom. The van der Waals surface area contributed by atoms with Crippen LogP contribution in [0.1, 0.15) is 70.8 Å². The van der Waals surface area contributed by atoms with Gasteiger partial charge in [-0.15, -0.1) is 0 Å². The summed E-state index contributed by atoms with van der Waals surface area (Å²) < 4.78 is 10.9. The number of benzene rings is 1. The van der Waals surface area contributed by atoms with Gasteiger partial charge in [0.05, 0.1) is 20.1 Å². The van der Waals surface area contributed by atoms with Crippen molar-refractivity contribution in [2.24, 2.45) is 5.92 Å². The number of carbonyl (C=O) groups is 1. The summed E-state index contributed by atoms with van der Waals surface area (Å²) in [5, 5.41) is 0. The fraction of sp³-hybridized carbons (Fsp3) is 0.667. The van der Waals surface area contributed by atoms with Gasteiger partial charge in [0.25, 0.3) is 0 Å². The van der Waals surface area contributed by atoms with Gasteiger partial charge in [-0.3, -0.25) is 4.79 Å². The lowest BCUT2D eigenvalue weighted by atomic mass is 9.96. The molecule has 0 bridgehead atoms. The fourth-order valence-electron chi connectivity index (χ4n) is 2.93. The molecule has 1 aromatic rings. The lowest BCUT2D eigenvalue weighted by Gasteiger charge is -2.17. The first kappa shape index (κ1) is 20.5. The molecule has 24 heavy (non-hydrogen) atoms. The Kier molecular flexibility index (Phi) is 11.0. The SMILES string of the molecule is CCCCCCC(CCCC)COC(=O)Cc1ccccc1OC. The molecule has 0 aliphatic heterocycles. The van der Waals surface area contributed by atoms with Crippen LogP contribution in [0, 0.1) is 5.92 Å². The van der Waals surface area contributed by atoms with Crippen molar-refractivity contribution in [3.8, 4) is 5.75 Å². The summed E-state index contributed by atoms with van der Waals surface area (Å²) in [4.78, 5) is 12.2. The van der Waals surface area contributed by atoms with E-state index in [-0.39, 0.29) is 12.4 Å². The number of methoxy groups -OCH3 is 1. The molecule has 136 valence electrons. The molecule has 0 spiro atoms. The fourth-order valence-corrected chi connectivity index (χ4v) is 2.93. The van der Waals surface area contributed by atoms with Crippen molar-refractivity contribution in [2.75, 3.05) is 13.7 Å². The topological polar surface area (TPSA) is 35.5 Å². The molecule has 0 aromatic heterocycles. The summed E-state index contributed by atoms with van der Waals surface area (Å²) in [6.07, 6.45) is 10.1. The molecule has 1 unspecified atom stereocenters. The number of para-hydroxylation sites is 1. The van der Waals surface area contributed by atoms with Crippen molar-refractivity contribution in [2.45, 2.75) is 71.6 Å². The molecular formula is C21H34O3. The number of carbonyl (C=O) groups excluding carboxylic acids is 1. The quantitative estimate of drug-likeness (QED) is 0.350. The van der Waals surface area contributed by atoms with Crippen LogP contribution in [-0.2, 0) is 16.0 Å². The van der Waals surface area contributed by atoms with Gasteiger partial charge < -0.3 is 9.47 Å². The highest BCUT2D eigenvalue weighted by molar-refractivity contribution is 5.73. The van der Waals surface area contributed by atoms with Gasteiger partial charge in [-0.05, 0) is 24.8 Å². The van der Waals surface area contributed by atoms with E-state index in [0.29, 0.717) is 12.5 Å². The first-order valence-corrected chi connectivity index (χ1v) is 9.48. The van der Waals surface area contributed by atoms with Crippen molar-refractivity contribution in [3.05, 3.63) is 29.8 Å². The molecule has 1 atom stereocenters. The molecule has 3 heteroatoms. The van der Waals surface area contributed by atoms with E-state index in [1.807, 2.05) is 24.3 Å². The van der Waals surface area contributed by atoms with Gasteiger partial charge in [0.2, 0.25) is 0 Å². The van der Waals surface area contributed by atoms with E-state index >= 15 is 0 Å². The van der Waals surface area contributed by atoms with Crippen LogP contribution in [0.3, 0.4) is 0 Å². The summed E-state index contributed by atoms with van der Waals surface area (Å²) in [6.45, 7) is 5.00. The van der Waals surface area contributed by atoms with Gasteiger partial charge in [0.15, 0.2) is 0 Å². The van der Waals surface area contributed by atoms with E-state index < -0.39 is 0 Å². The summed E-state index contributed by atoms with van der Waals surface area (Å²) in [5.74, 6) is 1.09. The highest BCUT2D eigenvalue weighted by Crippen LogP contribution is 2.20. The second kappa shape index (κ2) is 12.9. The lowest BCUT2D eigenvalue weighted by molar-refractivity contribution is -0.144. The maximum Gasteiger partial charge on any atom is 0.310 e. The van der Waals surface area contributed by atoms with E-state index in [0.717, 1.165) is 17.7 Å². The minimum absolute atomic E-state index is 0.158. The molecule has 1 rings (SSSR count). The molecule has 0 aliphatic rings. The minimum Gasteiger partial charge on any atom is -0.496 e. The predicted octanol–water partition coefficient (Wildman–Crippen LogP) is 5.56. The van der Waals surface area contributed by atoms with Gasteiger partial charge >= 0.3 is 5.97 Å². The molecule has 0 heterocycles. The molecule has 0 aliphatic carbocycles. The summed E-state index contributed by atoms with van der Waals surface area (Å²) in [6, 6.07) is 7.62. The van der Waals surface area contributed by atoms with E-state index in [1.54, 1.807) is 7.11 Å². The third kappa shape index (κ3) is 8.37. The van der Waals surface area contributed by atoms with Crippen LogP contribution in [0.5, 0.6) is 5.75 Å². The molecular weight excluding hydrogens is 300 g/mol. The second-order valence-corrected chi connectivity index (χ2v) is 6.53. The first-order valence-electron chi connectivity index (χ1n) is 9.48. The maximum atomic E-state index is 12.2. The molecule has 0 saturated heterocycles. The largest absolute Gasteiger partial charge is 0.496 e. The Labute approximate surface area is 147 Å². The monoisotopic (exact) mass is 334 g/mol. The molecule has 0 fully saturated rings. The average Bonchev–Trinajstić information content (AvgIpc) is 2.60. The van der Waals surface area contributed by atoms with Crippen LogP contribution < -0.4 is 4.74 Å². The maximum absolute atomic E-state index is 12.2. The molecule has 3 nitrogen and oxygen atoms in total. The molecule has 0 N–H and O–H groups in total. The van der Waals surface area contributed by atoms with Crippen LogP contribution in [0.15, 0.2) is 24.3 Å².